The summed E-state index contributed by atoms with van der Waals surface area (Å²) in [6.07, 6.45) is 4.25. The Balaban J connectivity index is 1.75. The molecule has 1 aliphatic rings. The van der Waals surface area contributed by atoms with E-state index < -0.39 is 0 Å². The van der Waals surface area contributed by atoms with Crippen LogP contribution in [0.2, 0.25) is 0 Å². The van der Waals surface area contributed by atoms with Gasteiger partial charge in [0, 0.05) is 17.3 Å². The van der Waals surface area contributed by atoms with Crippen LogP contribution in [0.5, 0.6) is 11.6 Å². The summed E-state index contributed by atoms with van der Waals surface area (Å²) in [5.74, 6) is 2.39. The Morgan fingerprint density at radius 2 is 1.87 bits per heavy atom. The van der Waals surface area contributed by atoms with E-state index in [1.54, 1.807) is 13.3 Å². The number of fused-ring (bicyclic) bond motifs is 1. The summed E-state index contributed by atoms with van der Waals surface area (Å²) in [4.78, 5) is 14.5. The lowest BCUT2D eigenvalue weighted by Gasteiger charge is -2.22. The van der Waals surface area contributed by atoms with Crippen molar-refractivity contribution in [2.75, 3.05) is 12.4 Å². The third kappa shape index (κ3) is 3.94. The molecule has 3 heterocycles. The first-order valence-electron chi connectivity index (χ1n) is 11.0. The van der Waals surface area contributed by atoms with Crippen LogP contribution >= 0.6 is 0 Å². The number of hydrogen-bond donors (Lipinski definition) is 1. The zero-order valence-corrected chi connectivity index (χ0v) is 18.9. The standard InChI is InChI=1S/C25H30N4O2/c1-6-19-22(17-12-11-16(30-5)14-15(17)4)27-20(7-2)24(28-19)29-23-18-10-9-13-26-25(18)31-21(23)8-3/h9-14,21,23H,6-8H2,1-5H3,(H,28,29)/t21-,23-/m1/s1. The molecule has 1 N–H and O–H groups in total. The van der Waals surface area contributed by atoms with Crippen LogP contribution in [-0.4, -0.2) is 28.2 Å². The minimum Gasteiger partial charge on any atom is -0.497 e. The Bertz CT molecular complexity index is 1080. The molecule has 0 fully saturated rings. The van der Waals surface area contributed by atoms with Gasteiger partial charge < -0.3 is 14.8 Å². The zero-order chi connectivity index (χ0) is 22.0. The molecule has 0 unspecified atom stereocenters. The van der Waals surface area contributed by atoms with Crippen LogP contribution < -0.4 is 14.8 Å². The first kappa shape index (κ1) is 21.1. The van der Waals surface area contributed by atoms with Crippen molar-refractivity contribution >= 4 is 5.82 Å². The quantitative estimate of drug-likeness (QED) is 0.561. The van der Waals surface area contributed by atoms with E-state index in [2.05, 4.69) is 50.1 Å². The first-order chi connectivity index (χ1) is 15.1. The minimum atomic E-state index is 0.00609. The van der Waals surface area contributed by atoms with Crippen molar-refractivity contribution < 1.29 is 9.47 Å². The van der Waals surface area contributed by atoms with Crippen molar-refractivity contribution in [3.8, 4) is 22.9 Å². The Morgan fingerprint density at radius 3 is 2.55 bits per heavy atom. The van der Waals surface area contributed by atoms with Gasteiger partial charge in [0.1, 0.15) is 17.7 Å². The van der Waals surface area contributed by atoms with Gasteiger partial charge in [-0.3, -0.25) is 0 Å². The lowest BCUT2D eigenvalue weighted by atomic mass is 10.0. The molecule has 0 radical (unpaired) electrons. The third-order valence-corrected chi connectivity index (χ3v) is 5.86. The first-order valence-corrected chi connectivity index (χ1v) is 11.0. The Labute approximate surface area is 184 Å². The average Bonchev–Trinajstić information content (AvgIpc) is 3.16. The summed E-state index contributed by atoms with van der Waals surface area (Å²) in [5, 5.41) is 3.65. The highest BCUT2D eigenvalue weighted by Gasteiger charge is 2.35. The molecule has 0 amide bonds. The van der Waals surface area contributed by atoms with Gasteiger partial charge in [-0.05, 0) is 62.1 Å². The van der Waals surface area contributed by atoms with Crippen molar-refractivity contribution in [1.82, 2.24) is 15.0 Å². The van der Waals surface area contributed by atoms with E-state index in [9.17, 15) is 0 Å². The predicted octanol–water partition coefficient (Wildman–Crippen LogP) is 5.30. The van der Waals surface area contributed by atoms with Crippen molar-refractivity contribution in [3.63, 3.8) is 0 Å². The normalized spacial score (nSPS) is 17.2. The molecule has 1 aliphatic heterocycles. The molecule has 2 atom stereocenters. The van der Waals surface area contributed by atoms with Gasteiger partial charge in [0.2, 0.25) is 5.88 Å². The molecule has 6 nitrogen and oxygen atoms in total. The summed E-state index contributed by atoms with van der Waals surface area (Å²) >= 11 is 0. The molecule has 0 aliphatic carbocycles. The largest absolute Gasteiger partial charge is 0.497 e. The molecule has 162 valence electrons. The second-order valence-corrected chi connectivity index (χ2v) is 7.79. The number of rotatable bonds is 7. The van der Waals surface area contributed by atoms with Crippen molar-refractivity contribution in [2.24, 2.45) is 0 Å². The van der Waals surface area contributed by atoms with Crippen LogP contribution in [-0.2, 0) is 12.8 Å². The van der Waals surface area contributed by atoms with Gasteiger partial charge in [-0.25, -0.2) is 15.0 Å². The number of aryl methyl sites for hydroxylation is 3. The molecule has 1 aromatic carbocycles. The number of pyridine rings is 1. The van der Waals surface area contributed by atoms with Gasteiger partial charge in [-0.15, -0.1) is 0 Å². The maximum Gasteiger partial charge on any atom is 0.219 e. The van der Waals surface area contributed by atoms with E-state index in [-0.39, 0.29) is 12.1 Å². The molecule has 0 saturated heterocycles. The highest BCUT2D eigenvalue weighted by molar-refractivity contribution is 5.68. The summed E-state index contributed by atoms with van der Waals surface area (Å²) in [6.45, 7) is 8.45. The molecule has 2 aromatic heterocycles. The van der Waals surface area contributed by atoms with Crippen LogP contribution in [0, 0.1) is 6.92 Å². The fraction of sp³-hybridized carbons (Fsp3) is 0.400. The van der Waals surface area contributed by atoms with Gasteiger partial charge >= 0.3 is 0 Å². The highest BCUT2D eigenvalue weighted by Crippen LogP contribution is 2.39. The molecule has 31 heavy (non-hydrogen) atoms. The second-order valence-electron chi connectivity index (χ2n) is 7.79. The van der Waals surface area contributed by atoms with E-state index in [0.717, 1.165) is 64.6 Å². The van der Waals surface area contributed by atoms with Gasteiger partial charge in [0.05, 0.1) is 30.2 Å². The van der Waals surface area contributed by atoms with Crippen LogP contribution in [0.4, 0.5) is 5.82 Å². The zero-order valence-electron chi connectivity index (χ0n) is 18.9. The molecular formula is C25H30N4O2. The number of nitrogens with zero attached hydrogens (tertiary/aromatic N) is 3. The molecule has 3 aromatic rings. The number of anilines is 1. The molecule has 0 spiro atoms. The summed E-state index contributed by atoms with van der Waals surface area (Å²) in [5.41, 5.74) is 6.17. The van der Waals surface area contributed by atoms with Crippen LogP contribution in [0.15, 0.2) is 36.5 Å². The fourth-order valence-corrected chi connectivity index (χ4v) is 4.15. The molecule has 0 saturated carbocycles. The Kier molecular flexibility index (Phi) is 6.07. The lowest BCUT2D eigenvalue weighted by Crippen LogP contribution is -2.25. The molecular weight excluding hydrogens is 388 g/mol. The van der Waals surface area contributed by atoms with E-state index in [4.69, 9.17) is 19.4 Å². The van der Waals surface area contributed by atoms with Gasteiger partial charge in [0.15, 0.2) is 0 Å². The van der Waals surface area contributed by atoms with Gasteiger partial charge in [0.25, 0.3) is 0 Å². The van der Waals surface area contributed by atoms with Crippen LogP contribution in [0.1, 0.15) is 55.7 Å². The maximum atomic E-state index is 6.07. The number of aromatic nitrogens is 3. The summed E-state index contributed by atoms with van der Waals surface area (Å²) in [6, 6.07) is 10.1. The van der Waals surface area contributed by atoms with Gasteiger partial charge in [-0.1, -0.05) is 20.8 Å². The lowest BCUT2D eigenvalue weighted by molar-refractivity contribution is 0.202. The number of ether oxygens (including phenoxy) is 2. The molecule has 6 heteroatoms. The summed E-state index contributed by atoms with van der Waals surface area (Å²) in [7, 11) is 1.69. The topological polar surface area (TPSA) is 69.2 Å². The molecule has 4 rings (SSSR count). The predicted molar refractivity (Wildman–Crippen MR) is 123 cm³/mol. The van der Waals surface area contributed by atoms with Crippen molar-refractivity contribution in [1.29, 1.82) is 0 Å². The number of hydrogen-bond acceptors (Lipinski definition) is 6. The number of nitrogens with one attached hydrogen (secondary N) is 1. The number of methoxy groups -OCH3 is 1. The van der Waals surface area contributed by atoms with Crippen LogP contribution in [0.3, 0.4) is 0 Å². The second kappa shape index (κ2) is 8.92. The SMILES string of the molecule is CCc1nc(-c2ccc(OC)cc2C)c(CC)nc1N[C@@H]1c2cccnc2O[C@@H]1CC. The smallest absolute Gasteiger partial charge is 0.219 e. The Hall–Kier alpha value is -3.15. The van der Waals surface area contributed by atoms with E-state index in [1.165, 1.54) is 0 Å². The highest BCUT2D eigenvalue weighted by atomic mass is 16.5. The van der Waals surface area contributed by atoms with E-state index in [1.807, 2.05) is 18.2 Å². The van der Waals surface area contributed by atoms with Crippen LogP contribution in [0.25, 0.3) is 11.3 Å². The van der Waals surface area contributed by atoms with E-state index >= 15 is 0 Å². The molecule has 0 bridgehead atoms. The third-order valence-electron chi connectivity index (χ3n) is 5.86. The Morgan fingerprint density at radius 1 is 1.06 bits per heavy atom. The number of benzene rings is 1. The van der Waals surface area contributed by atoms with Gasteiger partial charge in [-0.2, -0.15) is 0 Å². The maximum absolute atomic E-state index is 6.07. The van der Waals surface area contributed by atoms with Crippen molar-refractivity contribution in [3.05, 3.63) is 59.0 Å². The van der Waals surface area contributed by atoms with Crippen molar-refractivity contribution in [2.45, 2.75) is 59.1 Å². The average molecular weight is 419 g/mol. The summed E-state index contributed by atoms with van der Waals surface area (Å²) < 4.78 is 11.4. The minimum absolute atomic E-state index is 0.00609. The van der Waals surface area contributed by atoms with E-state index in [0.29, 0.717) is 5.88 Å². The monoisotopic (exact) mass is 418 g/mol. The fourth-order valence-electron chi connectivity index (χ4n) is 4.15.